The summed E-state index contributed by atoms with van der Waals surface area (Å²) in [5.41, 5.74) is 5.10. The maximum atomic E-state index is 9.19. The van der Waals surface area contributed by atoms with E-state index in [1.165, 1.54) is 0 Å². The molecular weight excluding hydrogens is 334 g/mol. The smallest absolute Gasteiger partial charge is 0.138 e. The van der Waals surface area contributed by atoms with E-state index in [4.69, 9.17) is 16.3 Å². The van der Waals surface area contributed by atoms with Crippen molar-refractivity contribution in [3.8, 4) is 34.3 Å². The Morgan fingerprint density at radius 1 is 1.20 bits per heavy atom. The van der Waals surface area contributed by atoms with Crippen LogP contribution < -0.4 is 4.74 Å². The Labute approximate surface area is 152 Å². The van der Waals surface area contributed by atoms with Gasteiger partial charge in [-0.1, -0.05) is 23.7 Å². The fraction of sp³-hybridized carbons (Fsp3) is 0.200. The Morgan fingerprint density at radius 3 is 2.68 bits per heavy atom. The topological polar surface area (TPSA) is 61.7 Å². The Hall–Kier alpha value is -2.77. The molecule has 0 atom stereocenters. The maximum Gasteiger partial charge on any atom is 0.138 e. The minimum absolute atomic E-state index is 0.0655. The van der Waals surface area contributed by atoms with Gasteiger partial charge in [0.1, 0.15) is 5.75 Å². The van der Waals surface area contributed by atoms with Gasteiger partial charge in [0.2, 0.25) is 0 Å². The molecule has 0 spiro atoms. The number of hydrogen-bond donors (Lipinski definition) is 1. The molecule has 0 unspecified atom stereocenters. The zero-order valence-electron chi connectivity index (χ0n) is 14.3. The first-order chi connectivity index (χ1) is 12.0. The fourth-order valence-electron chi connectivity index (χ4n) is 2.67. The summed E-state index contributed by atoms with van der Waals surface area (Å²) < 4.78 is 5.66. The number of rotatable bonds is 4. The van der Waals surface area contributed by atoms with Crippen LogP contribution in [0.25, 0.3) is 22.5 Å². The minimum Gasteiger partial charge on any atom is -0.489 e. The Bertz CT molecular complexity index is 954. The number of halogens is 1. The number of aromatic amines is 1. The van der Waals surface area contributed by atoms with Crippen LogP contribution in [0.1, 0.15) is 25.0 Å². The summed E-state index contributed by atoms with van der Waals surface area (Å²) in [4.78, 5) is 0. The lowest BCUT2D eigenvalue weighted by molar-refractivity contribution is 0.242. The van der Waals surface area contributed by atoms with Crippen molar-refractivity contribution in [1.82, 2.24) is 10.2 Å². The zero-order valence-corrected chi connectivity index (χ0v) is 15.1. The molecule has 25 heavy (non-hydrogen) atoms. The summed E-state index contributed by atoms with van der Waals surface area (Å²) in [7, 11) is 0. The molecule has 1 aromatic heterocycles. The number of nitriles is 1. The highest BCUT2D eigenvalue weighted by Gasteiger charge is 2.12. The molecule has 0 saturated carbocycles. The summed E-state index contributed by atoms with van der Waals surface area (Å²) in [5, 5.41) is 17.2. The lowest BCUT2D eigenvalue weighted by Gasteiger charge is -2.11. The Balaban J connectivity index is 1.95. The van der Waals surface area contributed by atoms with Gasteiger partial charge in [-0.25, -0.2) is 0 Å². The van der Waals surface area contributed by atoms with Crippen molar-refractivity contribution < 1.29 is 4.74 Å². The highest BCUT2D eigenvalue weighted by atomic mass is 35.5. The second-order valence-electron chi connectivity index (χ2n) is 6.07. The average molecular weight is 352 g/mol. The van der Waals surface area contributed by atoms with E-state index in [0.29, 0.717) is 16.3 Å². The van der Waals surface area contributed by atoms with E-state index in [1.807, 2.05) is 63.2 Å². The largest absolute Gasteiger partial charge is 0.489 e. The van der Waals surface area contributed by atoms with Gasteiger partial charge in [0.25, 0.3) is 0 Å². The molecule has 0 saturated heterocycles. The van der Waals surface area contributed by atoms with Crippen LogP contribution in [0, 0.1) is 18.3 Å². The van der Waals surface area contributed by atoms with E-state index in [0.717, 1.165) is 28.1 Å². The molecule has 0 aliphatic rings. The third-order valence-corrected chi connectivity index (χ3v) is 4.21. The molecule has 1 heterocycles. The van der Waals surface area contributed by atoms with Gasteiger partial charge in [0.15, 0.2) is 0 Å². The van der Waals surface area contributed by atoms with Gasteiger partial charge in [-0.2, -0.15) is 10.4 Å². The number of benzene rings is 2. The van der Waals surface area contributed by atoms with E-state index >= 15 is 0 Å². The molecular formula is C20H18ClN3O. The molecule has 3 aromatic rings. The second kappa shape index (κ2) is 7.00. The van der Waals surface area contributed by atoms with Crippen molar-refractivity contribution in [2.75, 3.05) is 0 Å². The van der Waals surface area contributed by atoms with Gasteiger partial charge in [-0.05, 0) is 56.7 Å². The number of nitrogens with one attached hydrogen (secondary N) is 1. The van der Waals surface area contributed by atoms with E-state index in [9.17, 15) is 5.26 Å². The van der Waals surface area contributed by atoms with Gasteiger partial charge in [0, 0.05) is 11.1 Å². The van der Waals surface area contributed by atoms with Crippen LogP contribution in [-0.4, -0.2) is 16.3 Å². The molecule has 1 N–H and O–H groups in total. The second-order valence-corrected chi connectivity index (χ2v) is 6.48. The number of hydrogen-bond acceptors (Lipinski definition) is 3. The van der Waals surface area contributed by atoms with Gasteiger partial charge < -0.3 is 4.74 Å². The predicted octanol–water partition coefficient (Wildman–Crippen LogP) is 5.36. The van der Waals surface area contributed by atoms with Crippen LogP contribution in [0.3, 0.4) is 0 Å². The maximum absolute atomic E-state index is 9.19. The normalized spacial score (nSPS) is 10.7. The van der Waals surface area contributed by atoms with Crippen LogP contribution in [0.15, 0.2) is 42.5 Å². The highest BCUT2D eigenvalue weighted by Crippen LogP contribution is 2.32. The summed E-state index contributed by atoms with van der Waals surface area (Å²) in [5.74, 6) is 0.661. The SMILES string of the molecule is Cc1c(C#N)cccc1-c1cc(-c2ccc(OC(C)C)c(Cl)c2)n[nH]1. The fourth-order valence-corrected chi connectivity index (χ4v) is 2.89. The Morgan fingerprint density at radius 2 is 2.00 bits per heavy atom. The molecule has 0 amide bonds. The number of aromatic nitrogens is 2. The van der Waals surface area contributed by atoms with Crippen LogP contribution in [-0.2, 0) is 0 Å². The number of nitrogens with zero attached hydrogens (tertiary/aromatic N) is 2. The van der Waals surface area contributed by atoms with Gasteiger partial charge in [0.05, 0.1) is 34.1 Å². The van der Waals surface area contributed by atoms with Crippen LogP contribution in [0.2, 0.25) is 5.02 Å². The number of ether oxygens (including phenoxy) is 1. The van der Waals surface area contributed by atoms with E-state index < -0.39 is 0 Å². The van der Waals surface area contributed by atoms with E-state index in [-0.39, 0.29) is 6.10 Å². The summed E-state index contributed by atoms with van der Waals surface area (Å²) in [6, 6.07) is 15.4. The van der Waals surface area contributed by atoms with Gasteiger partial charge >= 0.3 is 0 Å². The van der Waals surface area contributed by atoms with Crippen molar-refractivity contribution in [3.63, 3.8) is 0 Å². The molecule has 3 rings (SSSR count). The number of H-pyrrole nitrogens is 1. The monoisotopic (exact) mass is 351 g/mol. The first-order valence-corrected chi connectivity index (χ1v) is 8.39. The van der Waals surface area contributed by atoms with E-state index in [1.54, 1.807) is 0 Å². The molecule has 0 bridgehead atoms. The standard InChI is InChI=1S/C20H18ClN3O/c1-12(2)25-20-8-7-14(9-17(20)21)18-10-19(24-23-18)16-6-4-5-15(11-22)13(16)3/h4-10,12H,1-3H3,(H,23,24). The molecule has 4 nitrogen and oxygen atoms in total. The van der Waals surface area contributed by atoms with Gasteiger partial charge in [-0.3, -0.25) is 5.10 Å². The predicted molar refractivity (Wildman–Crippen MR) is 99.7 cm³/mol. The summed E-state index contributed by atoms with van der Waals surface area (Å²) >= 11 is 6.31. The zero-order chi connectivity index (χ0) is 18.0. The first kappa shape index (κ1) is 17.1. The highest BCUT2D eigenvalue weighted by molar-refractivity contribution is 6.32. The lowest BCUT2D eigenvalue weighted by Crippen LogP contribution is -2.05. The summed E-state index contributed by atoms with van der Waals surface area (Å²) in [6.07, 6.45) is 0.0655. The van der Waals surface area contributed by atoms with Crippen molar-refractivity contribution in [2.24, 2.45) is 0 Å². The third-order valence-electron chi connectivity index (χ3n) is 3.91. The molecule has 2 aromatic carbocycles. The molecule has 0 fully saturated rings. The molecule has 0 radical (unpaired) electrons. The van der Waals surface area contributed by atoms with Gasteiger partial charge in [-0.15, -0.1) is 0 Å². The van der Waals surface area contributed by atoms with Crippen molar-refractivity contribution in [3.05, 3.63) is 58.6 Å². The van der Waals surface area contributed by atoms with Crippen molar-refractivity contribution in [1.29, 1.82) is 5.26 Å². The van der Waals surface area contributed by atoms with Crippen molar-refractivity contribution in [2.45, 2.75) is 26.9 Å². The molecule has 5 heteroatoms. The lowest BCUT2D eigenvalue weighted by atomic mass is 10.0. The van der Waals surface area contributed by atoms with Crippen LogP contribution >= 0.6 is 11.6 Å². The van der Waals surface area contributed by atoms with Crippen LogP contribution in [0.5, 0.6) is 5.75 Å². The average Bonchev–Trinajstić information content (AvgIpc) is 3.06. The Kier molecular flexibility index (Phi) is 4.78. The molecule has 0 aliphatic heterocycles. The van der Waals surface area contributed by atoms with Crippen molar-refractivity contribution >= 4 is 11.6 Å². The molecule has 0 aliphatic carbocycles. The molecule has 126 valence electrons. The van der Waals surface area contributed by atoms with Crippen LogP contribution in [0.4, 0.5) is 0 Å². The first-order valence-electron chi connectivity index (χ1n) is 8.01. The quantitative estimate of drug-likeness (QED) is 0.687. The third kappa shape index (κ3) is 3.52. The minimum atomic E-state index is 0.0655. The van der Waals surface area contributed by atoms with E-state index in [2.05, 4.69) is 16.3 Å². The summed E-state index contributed by atoms with van der Waals surface area (Å²) in [6.45, 7) is 5.85.